The molecule has 1 aliphatic rings. The van der Waals surface area contributed by atoms with Crippen molar-refractivity contribution in [3.8, 4) is 0 Å². The van der Waals surface area contributed by atoms with Crippen LogP contribution in [0.5, 0.6) is 0 Å². The highest BCUT2D eigenvalue weighted by Gasteiger charge is 2.33. The van der Waals surface area contributed by atoms with E-state index in [9.17, 15) is 17.6 Å². The number of hydrogen-bond acceptors (Lipinski definition) is 3. The lowest BCUT2D eigenvalue weighted by Crippen LogP contribution is -2.35. The molecule has 1 saturated carbocycles. The Labute approximate surface area is 130 Å². The topological polar surface area (TPSA) is 50.9 Å². The molecule has 7 heteroatoms. The Morgan fingerprint density at radius 3 is 2.65 bits per heavy atom. The van der Waals surface area contributed by atoms with E-state index in [4.69, 9.17) is 5.73 Å². The summed E-state index contributed by atoms with van der Waals surface area (Å²) in [5.74, 6) is -0.512. The van der Waals surface area contributed by atoms with Gasteiger partial charge < -0.3 is 11.1 Å². The first kappa shape index (κ1) is 16.0. The number of nitrogens with two attached hydrogens (primary N) is 1. The number of benzene rings is 1. The van der Waals surface area contributed by atoms with Gasteiger partial charge in [0.25, 0.3) is 0 Å². The Balaban J connectivity index is 2.03. The van der Waals surface area contributed by atoms with Crippen LogP contribution in [0.1, 0.15) is 31.4 Å². The van der Waals surface area contributed by atoms with E-state index in [1.54, 1.807) is 0 Å². The van der Waals surface area contributed by atoms with Gasteiger partial charge in [-0.05, 0) is 49.9 Å². The molecule has 3 N–H and O–H groups in total. The molecule has 3 nitrogen and oxygen atoms in total. The number of aromatic nitrogens is 1. The van der Waals surface area contributed by atoms with Crippen molar-refractivity contribution in [1.82, 2.24) is 4.98 Å². The summed E-state index contributed by atoms with van der Waals surface area (Å²) >= 11 is 0. The molecule has 0 unspecified atom stereocenters. The standard InChI is InChI=1S/C16H17F4N3/c17-9-4-5-13-12(6-9)14(8-15(23-13)16(18,19)20)22-11-3-1-2-10(21)7-11/h4-6,8,10-11H,1-3,7,21H2,(H,22,23)/t10-,11+/m1/s1. The minimum atomic E-state index is -4.55. The monoisotopic (exact) mass is 327 g/mol. The minimum absolute atomic E-state index is 0.0197. The van der Waals surface area contributed by atoms with Crippen LogP contribution in [0.15, 0.2) is 24.3 Å². The lowest BCUT2D eigenvalue weighted by atomic mass is 9.91. The maximum Gasteiger partial charge on any atom is 0.433 e. The molecule has 2 aromatic rings. The Hall–Kier alpha value is -1.89. The van der Waals surface area contributed by atoms with Gasteiger partial charge in [0.1, 0.15) is 11.5 Å². The molecule has 1 aromatic heterocycles. The van der Waals surface area contributed by atoms with Gasteiger partial charge in [0, 0.05) is 23.2 Å². The lowest BCUT2D eigenvalue weighted by molar-refractivity contribution is -0.140. The molecule has 1 aromatic carbocycles. The molecule has 0 saturated heterocycles. The molecule has 0 spiro atoms. The number of halogens is 4. The second-order valence-electron chi connectivity index (χ2n) is 5.98. The average molecular weight is 327 g/mol. The van der Waals surface area contributed by atoms with Crippen LogP contribution in [-0.2, 0) is 6.18 Å². The number of anilines is 1. The molecule has 3 rings (SSSR count). The van der Waals surface area contributed by atoms with Gasteiger partial charge in [-0.1, -0.05) is 0 Å². The highest BCUT2D eigenvalue weighted by Crippen LogP contribution is 2.34. The fraction of sp³-hybridized carbons (Fsp3) is 0.438. The molecule has 0 amide bonds. The predicted molar refractivity (Wildman–Crippen MR) is 80.6 cm³/mol. The van der Waals surface area contributed by atoms with Crippen molar-refractivity contribution in [2.45, 2.75) is 43.9 Å². The number of fused-ring (bicyclic) bond motifs is 1. The van der Waals surface area contributed by atoms with Crippen LogP contribution in [0, 0.1) is 5.82 Å². The first-order valence-electron chi connectivity index (χ1n) is 7.52. The molecular weight excluding hydrogens is 310 g/mol. The van der Waals surface area contributed by atoms with Crippen molar-refractivity contribution in [1.29, 1.82) is 0 Å². The Morgan fingerprint density at radius 1 is 1.17 bits per heavy atom. The molecule has 1 heterocycles. The summed E-state index contributed by atoms with van der Waals surface area (Å²) in [6.07, 6.45) is -1.21. The van der Waals surface area contributed by atoms with Crippen molar-refractivity contribution in [3.05, 3.63) is 35.8 Å². The number of nitrogens with zero attached hydrogens (tertiary/aromatic N) is 1. The fourth-order valence-corrected chi connectivity index (χ4v) is 3.04. The molecule has 124 valence electrons. The van der Waals surface area contributed by atoms with Crippen LogP contribution in [0.2, 0.25) is 0 Å². The minimum Gasteiger partial charge on any atom is -0.382 e. The molecule has 23 heavy (non-hydrogen) atoms. The summed E-state index contributed by atoms with van der Waals surface area (Å²) < 4.78 is 52.6. The summed E-state index contributed by atoms with van der Waals surface area (Å²) in [6, 6.07) is 4.53. The first-order chi connectivity index (χ1) is 10.8. The summed E-state index contributed by atoms with van der Waals surface area (Å²) in [5, 5.41) is 3.45. The lowest BCUT2D eigenvalue weighted by Gasteiger charge is -2.28. The highest BCUT2D eigenvalue weighted by molar-refractivity contribution is 5.91. The summed E-state index contributed by atoms with van der Waals surface area (Å²) in [6.45, 7) is 0. The number of pyridine rings is 1. The quantitative estimate of drug-likeness (QED) is 0.818. The van der Waals surface area contributed by atoms with Crippen LogP contribution in [0.25, 0.3) is 10.9 Å². The van der Waals surface area contributed by atoms with Gasteiger partial charge in [0.2, 0.25) is 0 Å². The third-order valence-corrected chi connectivity index (χ3v) is 4.14. The predicted octanol–water partition coefficient (Wildman–Crippen LogP) is 4.07. The number of rotatable bonds is 2. The zero-order valence-corrected chi connectivity index (χ0v) is 12.3. The van der Waals surface area contributed by atoms with Gasteiger partial charge >= 0.3 is 6.18 Å². The van der Waals surface area contributed by atoms with E-state index in [1.165, 1.54) is 12.1 Å². The van der Waals surface area contributed by atoms with Crippen molar-refractivity contribution in [2.75, 3.05) is 5.32 Å². The van der Waals surface area contributed by atoms with Gasteiger partial charge in [0.15, 0.2) is 0 Å². The summed E-state index contributed by atoms with van der Waals surface area (Å²) in [7, 11) is 0. The first-order valence-corrected chi connectivity index (χ1v) is 7.52. The smallest absolute Gasteiger partial charge is 0.382 e. The molecule has 0 bridgehead atoms. The molecular formula is C16H17F4N3. The molecule has 0 aliphatic heterocycles. The second kappa shape index (κ2) is 5.96. The maximum absolute atomic E-state index is 13.5. The van der Waals surface area contributed by atoms with Crippen molar-refractivity contribution < 1.29 is 17.6 Å². The van der Waals surface area contributed by atoms with Crippen LogP contribution >= 0.6 is 0 Å². The number of alkyl halides is 3. The van der Waals surface area contributed by atoms with Crippen LogP contribution < -0.4 is 11.1 Å². The maximum atomic E-state index is 13.5. The van der Waals surface area contributed by atoms with Crippen molar-refractivity contribution >= 4 is 16.6 Å². The van der Waals surface area contributed by atoms with Gasteiger partial charge in [-0.25, -0.2) is 9.37 Å². The van der Waals surface area contributed by atoms with E-state index in [0.717, 1.165) is 31.4 Å². The van der Waals surface area contributed by atoms with E-state index in [-0.39, 0.29) is 23.3 Å². The van der Waals surface area contributed by atoms with Gasteiger partial charge in [-0.2, -0.15) is 13.2 Å². The Morgan fingerprint density at radius 2 is 1.96 bits per heavy atom. The summed E-state index contributed by atoms with van der Waals surface area (Å²) in [4.78, 5) is 3.60. The van der Waals surface area contributed by atoms with E-state index < -0.39 is 17.7 Å². The zero-order valence-electron chi connectivity index (χ0n) is 12.3. The van der Waals surface area contributed by atoms with E-state index >= 15 is 0 Å². The normalized spacial score (nSPS) is 22.3. The van der Waals surface area contributed by atoms with E-state index in [2.05, 4.69) is 10.3 Å². The fourth-order valence-electron chi connectivity index (χ4n) is 3.04. The SMILES string of the molecule is N[C@@H]1CCC[C@H](Nc2cc(C(F)(F)F)nc3ccc(F)cc23)C1. The van der Waals surface area contributed by atoms with Crippen molar-refractivity contribution in [3.63, 3.8) is 0 Å². The van der Waals surface area contributed by atoms with Crippen LogP contribution in [-0.4, -0.2) is 17.1 Å². The Kier molecular flexibility index (Phi) is 4.14. The third kappa shape index (κ3) is 3.55. The van der Waals surface area contributed by atoms with Crippen LogP contribution in [0.4, 0.5) is 23.2 Å². The van der Waals surface area contributed by atoms with Gasteiger partial charge in [0.05, 0.1) is 5.52 Å². The van der Waals surface area contributed by atoms with Gasteiger partial charge in [-0.3, -0.25) is 0 Å². The van der Waals surface area contributed by atoms with Crippen molar-refractivity contribution in [2.24, 2.45) is 5.73 Å². The molecule has 2 atom stereocenters. The number of hydrogen-bond donors (Lipinski definition) is 2. The van der Waals surface area contributed by atoms with E-state index in [1.807, 2.05) is 0 Å². The Bertz CT molecular complexity index is 714. The molecule has 1 aliphatic carbocycles. The summed E-state index contributed by atoms with van der Waals surface area (Å²) in [5.41, 5.74) is 5.30. The largest absolute Gasteiger partial charge is 0.433 e. The third-order valence-electron chi connectivity index (χ3n) is 4.14. The molecule has 0 radical (unpaired) electrons. The van der Waals surface area contributed by atoms with Gasteiger partial charge in [-0.15, -0.1) is 0 Å². The molecule has 1 fully saturated rings. The number of nitrogens with one attached hydrogen (secondary N) is 1. The van der Waals surface area contributed by atoms with E-state index in [0.29, 0.717) is 11.8 Å². The second-order valence-corrected chi connectivity index (χ2v) is 5.98. The average Bonchev–Trinajstić information content (AvgIpc) is 2.46. The highest BCUT2D eigenvalue weighted by atomic mass is 19.4. The van der Waals surface area contributed by atoms with Crippen LogP contribution in [0.3, 0.4) is 0 Å². The zero-order chi connectivity index (χ0) is 16.6.